The largest absolute Gasteiger partial charge is 0.497 e. The van der Waals surface area contributed by atoms with E-state index < -0.39 is 17.2 Å². The summed E-state index contributed by atoms with van der Waals surface area (Å²) in [6, 6.07) is 5.52. The van der Waals surface area contributed by atoms with Gasteiger partial charge in [-0.3, -0.25) is 14.6 Å². The van der Waals surface area contributed by atoms with Gasteiger partial charge in [0.15, 0.2) is 0 Å². The Morgan fingerprint density at radius 1 is 1.33 bits per heavy atom. The van der Waals surface area contributed by atoms with Gasteiger partial charge in [0.2, 0.25) is 0 Å². The van der Waals surface area contributed by atoms with E-state index in [9.17, 15) is 14.4 Å². The van der Waals surface area contributed by atoms with E-state index in [0.717, 1.165) is 30.4 Å². The molecule has 1 atom stereocenters. The lowest BCUT2D eigenvalue weighted by Gasteiger charge is -2.27. The second-order valence-corrected chi connectivity index (χ2v) is 5.68. The maximum atomic E-state index is 12.5. The number of aromatic amines is 2. The predicted molar refractivity (Wildman–Crippen MR) is 88.2 cm³/mol. The average molecular weight is 330 g/mol. The summed E-state index contributed by atoms with van der Waals surface area (Å²) >= 11 is 0. The number of amides is 1. The van der Waals surface area contributed by atoms with Crippen LogP contribution >= 0.6 is 0 Å². The Labute approximate surface area is 137 Å². The number of hydrogen-bond acceptors (Lipinski definition) is 5. The third-order valence-electron chi connectivity index (χ3n) is 4.18. The average Bonchev–Trinajstić information content (AvgIpc) is 2.57. The number of fused-ring (bicyclic) bond motifs is 1. The Hall–Kier alpha value is -3.03. The number of carbonyl (C=O) groups is 1. The van der Waals surface area contributed by atoms with Crippen LogP contribution in [0.1, 0.15) is 40.5 Å². The molecular formula is C16H18N4O4. The number of aryl methyl sites for hydroxylation is 1. The van der Waals surface area contributed by atoms with Gasteiger partial charge in [-0.05, 0) is 42.5 Å². The van der Waals surface area contributed by atoms with E-state index in [4.69, 9.17) is 10.5 Å². The van der Waals surface area contributed by atoms with Gasteiger partial charge in [-0.1, -0.05) is 6.07 Å². The van der Waals surface area contributed by atoms with Crippen LogP contribution in [0.4, 0.5) is 5.69 Å². The zero-order valence-corrected chi connectivity index (χ0v) is 13.1. The fraction of sp³-hybridized carbons (Fsp3) is 0.312. The summed E-state index contributed by atoms with van der Waals surface area (Å²) in [4.78, 5) is 39.6. The number of hydrogen-bond donors (Lipinski definition) is 4. The molecule has 2 aromatic rings. The molecule has 1 aliphatic rings. The number of benzene rings is 1. The topological polar surface area (TPSA) is 130 Å². The molecule has 8 heteroatoms. The number of nitrogens with one attached hydrogen (secondary N) is 3. The minimum absolute atomic E-state index is 0.223. The maximum absolute atomic E-state index is 12.5. The van der Waals surface area contributed by atoms with Crippen molar-refractivity contribution in [2.45, 2.75) is 25.3 Å². The summed E-state index contributed by atoms with van der Waals surface area (Å²) in [6.07, 6.45) is 2.60. The van der Waals surface area contributed by atoms with Crippen LogP contribution in [0.2, 0.25) is 0 Å². The second kappa shape index (κ2) is 6.23. The van der Waals surface area contributed by atoms with Crippen molar-refractivity contribution < 1.29 is 9.53 Å². The summed E-state index contributed by atoms with van der Waals surface area (Å²) < 4.78 is 5.24. The SMILES string of the molecule is COc1ccc2c(c1)C(NC(=O)c1[nH]c(=O)[nH]c(=O)c1N)CCC2. The molecular weight excluding hydrogens is 312 g/mol. The van der Waals surface area contributed by atoms with E-state index >= 15 is 0 Å². The van der Waals surface area contributed by atoms with E-state index in [1.165, 1.54) is 0 Å². The maximum Gasteiger partial charge on any atom is 0.326 e. The highest BCUT2D eigenvalue weighted by Gasteiger charge is 2.24. The summed E-state index contributed by atoms with van der Waals surface area (Å²) in [7, 11) is 1.58. The number of nitrogen functional groups attached to an aromatic ring is 1. The van der Waals surface area contributed by atoms with Crippen molar-refractivity contribution in [2.75, 3.05) is 12.8 Å². The summed E-state index contributed by atoms with van der Waals surface area (Å²) in [5.74, 6) is 0.121. The Balaban J connectivity index is 1.92. The molecule has 1 aliphatic carbocycles. The zero-order valence-electron chi connectivity index (χ0n) is 13.1. The normalized spacial score (nSPS) is 16.3. The molecule has 0 aliphatic heterocycles. The molecule has 1 amide bonds. The van der Waals surface area contributed by atoms with Gasteiger partial charge in [-0.2, -0.15) is 0 Å². The van der Waals surface area contributed by atoms with Crippen LogP contribution in [0.5, 0.6) is 5.75 Å². The smallest absolute Gasteiger partial charge is 0.326 e. The summed E-state index contributed by atoms with van der Waals surface area (Å²) in [5, 5.41) is 2.84. The van der Waals surface area contributed by atoms with Crippen molar-refractivity contribution in [3.05, 3.63) is 55.9 Å². The van der Waals surface area contributed by atoms with Crippen LogP contribution in [0.3, 0.4) is 0 Å². The quantitative estimate of drug-likeness (QED) is 0.649. The molecule has 1 aromatic heterocycles. The number of aromatic nitrogens is 2. The Bertz CT molecular complexity index is 900. The van der Waals surface area contributed by atoms with E-state index in [2.05, 4.69) is 10.3 Å². The molecule has 1 unspecified atom stereocenters. The van der Waals surface area contributed by atoms with Crippen LogP contribution in [-0.4, -0.2) is 23.0 Å². The van der Waals surface area contributed by atoms with Gasteiger partial charge in [-0.15, -0.1) is 0 Å². The lowest BCUT2D eigenvalue weighted by atomic mass is 9.87. The highest BCUT2D eigenvalue weighted by Crippen LogP contribution is 2.32. The molecule has 0 fully saturated rings. The predicted octanol–water partition coefficient (Wildman–Crippen LogP) is 0.461. The Kier molecular flexibility index (Phi) is 4.11. The first-order valence-corrected chi connectivity index (χ1v) is 7.59. The van der Waals surface area contributed by atoms with E-state index in [0.29, 0.717) is 5.75 Å². The number of methoxy groups -OCH3 is 1. The minimum Gasteiger partial charge on any atom is -0.497 e. The molecule has 0 saturated carbocycles. The lowest BCUT2D eigenvalue weighted by molar-refractivity contribution is 0.0928. The van der Waals surface area contributed by atoms with Gasteiger partial charge in [0, 0.05) is 0 Å². The zero-order chi connectivity index (χ0) is 17.3. The van der Waals surface area contributed by atoms with Crippen molar-refractivity contribution >= 4 is 11.6 Å². The van der Waals surface area contributed by atoms with Crippen molar-refractivity contribution in [3.63, 3.8) is 0 Å². The summed E-state index contributed by atoms with van der Waals surface area (Å²) in [6.45, 7) is 0. The van der Waals surface area contributed by atoms with Crippen LogP contribution in [-0.2, 0) is 6.42 Å². The molecule has 24 heavy (non-hydrogen) atoms. The number of rotatable bonds is 3. The molecule has 5 N–H and O–H groups in total. The van der Waals surface area contributed by atoms with Crippen molar-refractivity contribution in [2.24, 2.45) is 0 Å². The Morgan fingerprint density at radius 2 is 2.12 bits per heavy atom. The molecule has 8 nitrogen and oxygen atoms in total. The van der Waals surface area contributed by atoms with Gasteiger partial charge in [0.05, 0.1) is 13.2 Å². The fourth-order valence-corrected chi connectivity index (χ4v) is 2.96. The fourth-order valence-electron chi connectivity index (χ4n) is 2.96. The highest BCUT2D eigenvalue weighted by molar-refractivity contribution is 5.97. The van der Waals surface area contributed by atoms with E-state index in [1.807, 2.05) is 23.2 Å². The molecule has 1 heterocycles. The molecule has 0 bridgehead atoms. The molecule has 0 saturated heterocycles. The Morgan fingerprint density at radius 3 is 2.88 bits per heavy atom. The standard InChI is InChI=1S/C16H18N4O4/c1-24-9-6-5-8-3-2-4-11(10(8)7-9)18-15(22)13-12(17)14(21)20-16(23)19-13/h5-7,11H,2-4,17H2,1H3,(H,18,22)(H2,19,20,21,23). The molecule has 126 valence electrons. The van der Waals surface area contributed by atoms with Crippen molar-refractivity contribution in [3.8, 4) is 5.75 Å². The molecule has 0 spiro atoms. The van der Waals surface area contributed by atoms with E-state index in [1.54, 1.807) is 7.11 Å². The number of carbonyl (C=O) groups excluding carboxylic acids is 1. The molecule has 1 aromatic carbocycles. The van der Waals surface area contributed by atoms with Crippen LogP contribution in [0, 0.1) is 0 Å². The first-order valence-electron chi connectivity index (χ1n) is 7.59. The van der Waals surface area contributed by atoms with Crippen LogP contribution in [0.15, 0.2) is 27.8 Å². The summed E-state index contributed by atoms with van der Waals surface area (Å²) in [5.41, 5.74) is 5.62. The van der Waals surface area contributed by atoms with Gasteiger partial charge in [-0.25, -0.2) is 4.79 Å². The first-order chi connectivity index (χ1) is 11.5. The van der Waals surface area contributed by atoms with Gasteiger partial charge < -0.3 is 20.8 Å². The van der Waals surface area contributed by atoms with Gasteiger partial charge in [0.25, 0.3) is 11.5 Å². The third kappa shape index (κ3) is 2.90. The monoisotopic (exact) mass is 330 g/mol. The first kappa shape index (κ1) is 15.9. The number of ether oxygens (including phenoxy) is 1. The molecule has 0 radical (unpaired) electrons. The highest BCUT2D eigenvalue weighted by atomic mass is 16.5. The van der Waals surface area contributed by atoms with Crippen LogP contribution < -0.4 is 27.0 Å². The number of anilines is 1. The number of H-pyrrole nitrogens is 2. The van der Waals surface area contributed by atoms with Crippen molar-refractivity contribution in [1.29, 1.82) is 0 Å². The van der Waals surface area contributed by atoms with Gasteiger partial charge >= 0.3 is 5.69 Å². The minimum atomic E-state index is -0.783. The lowest BCUT2D eigenvalue weighted by Crippen LogP contribution is -2.36. The van der Waals surface area contributed by atoms with E-state index in [-0.39, 0.29) is 17.4 Å². The van der Waals surface area contributed by atoms with Crippen molar-refractivity contribution in [1.82, 2.24) is 15.3 Å². The second-order valence-electron chi connectivity index (χ2n) is 5.68. The van der Waals surface area contributed by atoms with Crippen LogP contribution in [0.25, 0.3) is 0 Å². The molecule has 3 rings (SSSR count). The third-order valence-corrected chi connectivity index (χ3v) is 4.18. The van der Waals surface area contributed by atoms with Gasteiger partial charge in [0.1, 0.15) is 17.1 Å². The number of nitrogens with two attached hydrogens (primary N) is 1.